The summed E-state index contributed by atoms with van der Waals surface area (Å²) >= 11 is 0. The first-order chi connectivity index (χ1) is 12.0. The summed E-state index contributed by atoms with van der Waals surface area (Å²) in [7, 11) is 0. The third-order valence-corrected chi connectivity index (χ3v) is 3.83. The van der Waals surface area contributed by atoms with Crippen molar-refractivity contribution in [1.82, 2.24) is 10.6 Å². The van der Waals surface area contributed by atoms with Gasteiger partial charge in [-0.3, -0.25) is 9.59 Å². The predicted molar refractivity (Wildman–Crippen MR) is 96.8 cm³/mol. The van der Waals surface area contributed by atoms with Gasteiger partial charge in [0.25, 0.3) is 0 Å². The molecule has 0 spiro atoms. The van der Waals surface area contributed by atoms with E-state index in [-0.39, 0.29) is 37.5 Å². The molecule has 0 fully saturated rings. The Kier molecular flexibility index (Phi) is 9.50. The van der Waals surface area contributed by atoms with Gasteiger partial charge >= 0.3 is 0 Å². The molecule has 6 nitrogen and oxygen atoms in total. The van der Waals surface area contributed by atoms with E-state index < -0.39 is 12.0 Å². The number of rotatable bonds is 11. The van der Waals surface area contributed by atoms with Gasteiger partial charge in [-0.2, -0.15) is 0 Å². The number of carbonyl (C=O) groups excluding carboxylic acids is 2. The average Bonchev–Trinajstić information content (AvgIpc) is 2.61. The summed E-state index contributed by atoms with van der Waals surface area (Å²) in [4.78, 5) is 24.4. The van der Waals surface area contributed by atoms with Crippen LogP contribution in [0.25, 0.3) is 0 Å². The van der Waals surface area contributed by atoms with E-state index in [4.69, 9.17) is 5.11 Å². The van der Waals surface area contributed by atoms with Gasteiger partial charge in [-0.1, -0.05) is 36.4 Å². The van der Waals surface area contributed by atoms with Crippen molar-refractivity contribution in [3.05, 3.63) is 48.6 Å². The average molecular weight is 348 g/mol. The number of carbonyl (C=O) groups is 2. The lowest BCUT2D eigenvalue weighted by Crippen LogP contribution is -2.44. The number of aliphatic hydroxyl groups excluding tert-OH is 2. The minimum absolute atomic E-state index is 0.00563. The molecule has 0 aromatic heterocycles. The zero-order chi connectivity index (χ0) is 18.7. The molecule has 6 heteroatoms. The molecule has 1 aromatic carbocycles. The van der Waals surface area contributed by atoms with Gasteiger partial charge < -0.3 is 20.8 Å². The Labute approximate surface area is 148 Å². The second-order valence-electron chi connectivity index (χ2n) is 6.15. The molecule has 2 amide bonds. The van der Waals surface area contributed by atoms with Crippen molar-refractivity contribution >= 4 is 11.8 Å². The normalized spacial score (nSPS) is 14.2. The van der Waals surface area contributed by atoms with Gasteiger partial charge in [0.1, 0.15) is 0 Å². The van der Waals surface area contributed by atoms with Gasteiger partial charge in [-0.05, 0) is 25.3 Å². The third-order valence-electron chi connectivity index (χ3n) is 3.83. The SMILES string of the molecule is C=CC[C@H](CC(=O)N[C@@H](C)CO)C(=O)N[C@@H](CO)Cc1ccccc1. The highest BCUT2D eigenvalue weighted by Gasteiger charge is 2.23. The van der Waals surface area contributed by atoms with Crippen molar-refractivity contribution in [2.24, 2.45) is 5.92 Å². The van der Waals surface area contributed by atoms with Crippen LogP contribution in [0.4, 0.5) is 0 Å². The van der Waals surface area contributed by atoms with E-state index in [0.717, 1.165) is 5.56 Å². The van der Waals surface area contributed by atoms with Crippen LogP contribution in [0.15, 0.2) is 43.0 Å². The van der Waals surface area contributed by atoms with Gasteiger partial charge in [0.2, 0.25) is 11.8 Å². The zero-order valence-corrected chi connectivity index (χ0v) is 14.6. The summed E-state index contributed by atoms with van der Waals surface area (Å²) in [5.41, 5.74) is 1.01. The fourth-order valence-corrected chi connectivity index (χ4v) is 2.47. The van der Waals surface area contributed by atoms with Crippen LogP contribution in [-0.4, -0.2) is 47.3 Å². The molecule has 0 saturated heterocycles. The lowest BCUT2D eigenvalue weighted by molar-refractivity contribution is -0.131. The molecule has 0 bridgehead atoms. The highest BCUT2D eigenvalue weighted by atomic mass is 16.3. The van der Waals surface area contributed by atoms with E-state index in [1.54, 1.807) is 13.0 Å². The number of allylic oxidation sites excluding steroid dienone is 1. The third kappa shape index (κ3) is 7.96. The van der Waals surface area contributed by atoms with E-state index in [2.05, 4.69) is 17.2 Å². The second-order valence-corrected chi connectivity index (χ2v) is 6.15. The van der Waals surface area contributed by atoms with Gasteiger partial charge in [0, 0.05) is 12.5 Å². The van der Waals surface area contributed by atoms with Crippen LogP contribution in [0, 0.1) is 5.92 Å². The molecule has 0 saturated carbocycles. The van der Waals surface area contributed by atoms with Gasteiger partial charge in [-0.25, -0.2) is 0 Å². The van der Waals surface area contributed by atoms with Crippen molar-refractivity contribution in [3.8, 4) is 0 Å². The van der Waals surface area contributed by atoms with Crippen molar-refractivity contribution in [2.75, 3.05) is 13.2 Å². The molecule has 138 valence electrons. The number of hydrogen-bond donors (Lipinski definition) is 4. The van der Waals surface area contributed by atoms with Crippen LogP contribution in [0.3, 0.4) is 0 Å². The van der Waals surface area contributed by atoms with Gasteiger partial charge in [-0.15, -0.1) is 6.58 Å². The summed E-state index contributed by atoms with van der Waals surface area (Å²) in [5, 5.41) is 24.0. The van der Waals surface area contributed by atoms with Crippen LogP contribution in [0.2, 0.25) is 0 Å². The Hall–Kier alpha value is -2.18. The fraction of sp³-hybridized carbons (Fsp3) is 0.474. The van der Waals surface area contributed by atoms with E-state index in [9.17, 15) is 14.7 Å². The number of benzene rings is 1. The van der Waals surface area contributed by atoms with Crippen molar-refractivity contribution in [3.63, 3.8) is 0 Å². The van der Waals surface area contributed by atoms with Crippen LogP contribution < -0.4 is 10.6 Å². The van der Waals surface area contributed by atoms with Crippen LogP contribution in [0.5, 0.6) is 0 Å². The molecule has 0 unspecified atom stereocenters. The molecule has 1 rings (SSSR count). The van der Waals surface area contributed by atoms with E-state index in [1.807, 2.05) is 30.3 Å². The first kappa shape index (κ1) is 20.9. The largest absolute Gasteiger partial charge is 0.394 e. The maximum absolute atomic E-state index is 12.5. The molecular formula is C19H28N2O4. The Balaban J connectivity index is 2.63. The molecule has 0 aliphatic carbocycles. The smallest absolute Gasteiger partial charge is 0.224 e. The standard InChI is InChI=1S/C19H28N2O4/c1-3-7-16(11-18(24)20-14(2)12-22)19(25)21-17(13-23)10-15-8-5-4-6-9-15/h3-6,8-9,14,16-17,22-23H,1,7,10-13H2,2H3,(H,20,24)(H,21,25)/t14-,16+,17+/m0/s1. The summed E-state index contributed by atoms with van der Waals surface area (Å²) in [6.45, 7) is 4.97. The first-order valence-electron chi connectivity index (χ1n) is 8.46. The van der Waals surface area contributed by atoms with Crippen molar-refractivity contribution in [2.45, 2.75) is 38.3 Å². The first-order valence-corrected chi connectivity index (χ1v) is 8.46. The quantitative estimate of drug-likeness (QED) is 0.444. The summed E-state index contributed by atoms with van der Waals surface area (Å²) in [5.74, 6) is -1.15. The number of amides is 2. The van der Waals surface area contributed by atoms with E-state index in [0.29, 0.717) is 12.8 Å². The molecule has 25 heavy (non-hydrogen) atoms. The minimum atomic E-state index is -0.562. The van der Waals surface area contributed by atoms with Gasteiger partial charge in [0.05, 0.1) is 25.2 Å². The topological polar surface area (TPSA) is 98.7 Å². The number of aliphatic hydroxyl groups is 2. The molecule has 0 heterocycles. The Morgan fingerprint density at radius 3 is 2.40 bits per heavy atom. The lowest BCUT2D eigenvalue weighted by Gasteiger charge is -2.21. The predicted octanol–water partition coefficient (Wildman–Crippen LogP) is 0.786. The zero-order valence-electron chi connectivity index (χ0n) is 14.6. The maximum Gasteiger partial charge on any atom is 0.224 e. The van der Waals surface area contributed by atoms with E-state index in [1.165, 1.54) is 0 Å². The van der Waals surface area contributed by atoms with Crippen LogP contribution in [-0.2, 0) is 16.0 Å². The molecule has 0 radical (unpaired) electrons. The minimum Gasteiger partial charge on any atom is -0.394 e. The Morgan fingerprint density at radius 1 is 1.16 bits per heavy atom. The maximum atomic E-state index is 12.5. The fourth-order valence-electron chi connectivity index (χ4n) is 2.47. The highest BCUT2D eigenvalue weighted by molar-refractivity contribution is 5.86. The monoisotopic (exact) mass is 348 g/mol. The van der Waals surface area contributed by atoms with Crippen LogP contribution in [0.1, 0.15) is 25.3 Å². The molecule has 1 aromatic rings. The summed E-state index contributed by atoms with van der Waals surface area (Å²) in [6, 6.07) is 8.80. The summed E-state index contributed by atoms with van der Waals surface area (Å²) in [6.07, 6.45) is 2.47. The van der Waals surface area contributed by atoms with Gasteiger partial charge in [0.15, 0.2) is 0 Å². The summed E-state index contributed by atoms with van der Waals surface area (Å²) < 4.78 is 0. The molecule has 0 aliphatic heterocycles. The second kappa shape index (κ2) is 11.4. The number of hydrogen-bond acceptors (Lipinski definition) is 4. The van der Waals surface area contributed by atoms with Crippen LogP contribution >= 0.6 is 0 Å². The molecule has 3 atom stereocenters. The van der Waals surface area contributed by atoms with Crippen molar-refractivity contribution < 1.29 is 19.8 Å². The Bertz CT molecular complexity index is 548. The van der Waals surface area contributed by atoms with Crippen molar-refractivity contribution in [1.29, 1.82) is 0 Å². The molecular weight excluding hydrogens is 320 g/mol. The lowest BCUT2D eigenvalue weighted by atomic mass is 9.98. The Morgan fingerprint density at radius 2 is 1.84 bits per heavy atom. The molecule has 4 N–H and O–H groups in total. The number of nitrogens with one attached hydrogen (secondary N) is 2. The van der Waals surface area contributed by atoms with E-state index >= 15 is 0 Å². The molecule has 0 aliphatic rings. The highest BCUT2D eigenvalue weighted by Crippen LogP contribution is 2.11.